The standard InChI is InChI=1S/C22H23BrN2O3/c1-4-27-20-13-21(28-5-2)19(23)12-17(20)11-18(14-24)22(26)25-15(3)16-9-7-6-8-10-16/h6-13,15H,4-5H2,1-3H3,(H,25,26)/b18-11-/t15-/m0/s1. The van der Waals surface area contributed by atoms with Gasteiger partial charge < -0.3 is 14.8 Å². The van der Waals surface area contributed by atoms with Crippen LogP contribution in [0.4, 0.5) is 0 Å². The highest BCUT2D eigenvalue weighted by Gasteiger charge is 2.16. The van der Waals surface area contributed by atoms with Crippen molar-refractivity contribution in [3.63, 3.8) is 0 Å². The van der Waals surface area contributed by atoms with Crippen LogP contribution in [0.25, 0.3) is 6.08 Å². The summed E-state index contributed by atoms with van der Waals surface area (Å²) < 4.78 is 12.0. The number of carbonyl (C=O) groups excluding carboxylic acids is 1. The Hall–Kier alpha value is -2.78. The smallest absolute Gasteiger partial charge is 0.262 e. The van der Waals surface area contributed by atoms with E-state index in [4.69, 9.17) is 9.47 Å². The molecule has 0 aliphatic heterocycles. The predicted octanol–water partition coefficient (Wildman–Crippen LogP) is 5.03. The molecule has 146 valence electrons. The minimum atomic E-state index is -0.439. The van der Waals surface area contributed by atoms with E-state index in [0.717, 1.165) is 10.0 Å². The number of nitrogens with one attached hydrogen (secondary N) is 1. The van der Waals surface area contributed by atoms with E-state index in [1.807, 2.05) is 57.2 Å². The van der Waals surface area contributed by atoms with Crippen LogP contribution < -0.4 is 14.8 Å². The van der Waals surface area contributed by atoms with Crippen LogP contribution in [0, 0.1) is 11.3 Å². The van der Waals surface area contributed by atoms with Crippen molar-refractivity contribution in [3.8, 4) is 17.6 Å². The molecule has 1 N–H and O–H groups in total. The number of hydrogen-bond donors (Lipinski definition) is 1. The lowest BCUT2D eigenvalue weighted by molar-refractivity contribution is -0.117. The number of halogens is 1. The SMILES string of the molecule is CCOc1cc(OCC)c(/C=C(/C#N)C(=O)N[C@@H](C)c2ccccc2)cc1Br. The molecule has 5 nitrogen and oxygen atoms in total. The van der Waals surface area contributed by atoms with Crippen LogP contribution >= 0.6 is 15.9 Å². The minimum absolute atomic E-state index is 0.000191. The topological polar surface area (TPSA) is 71.3 Å². The number of amides is 1. The van der Waals surface area contributed by atoms with E-state index >= 15 is 0 Å². The molecule has 0 saturated carbocycles. The maximum Gasteiger partial charge on any atom is 0.262 e. The van der Waals surface area contributed by atoms with Gasteiger partial charge >= 0.3 is 0 Å². The molecule has 6 heteroatoms. The molecule has 0 heterocycles. The Kier molecular flexibility index (Phi) is 8.09. The molecular weight excluding hydrogens is 420 g/mol. The lowest BCUT2D eigenvalue weighted by Gasteiger charge is -2.15. The predicted molar refractivity (Wildman–Crippen MR) is 113 cm³/mol. The Balaban J connectivity index is 2.31. The maximum atomic E-state index is 12.6. The van der Waals surface area contributed by atoms with Gasteiger partial charge in [0.25, 0.3) is 5.91 Å². The van der Waals surface area contributed by atoms with E-state index in [0.29, 0.717) is 30.3 Å². The normalized spacial score (nSPS) is 12.0. The van der Waals surface area contributed by atoms with Gasteiger partial charge in [0.15, 0.2) is 0 Å². The monoisotopic (exact) mass is 442 g/mol. The number of nitrogens with zero attached hydrogens (tertiary/aromatic N) is 1. The lowest BCUT2D eigenvalue weighted by atomic mass is 10.1. The second-order valence-corrected chi connectivity index (χ2v) is 6.82. The van der Waals surface area contributed by atoms with E-state index in [1.165, 1.54) is 6.08 Å². The second kappa shape index (κ2) is 10.5. The molecule has 28 heavy (non-hydrogen) atoms. The summed E-state index contributed by atoms with van der Waals surface area (Å²) in [4.78, 5) is 12.6. The Morgan fingerprint density at radius 3 is 2.43 bits per heavy atom. The highest BCUT2D eigenvalue weighted by Crippen LogP contribution is 2.34. The van der Waals surface area contributed by atoms with Gasteiger partial charge in [0.2, 0.25) is 0 Å². The van der Waals surface area contributed by atoms with Crippen molar-refractivity contribution in [2.24, 2.45) is 0 Å². The van der Waals surface area contributed by atoms with Crippen molar-refractivity contribution in [2.75, 3.05) is 13.2 Å². The molecule has 2 aromatic rings. The van der Waals surface area contributed by atoms with Crippen LogP contribution in [0.3, 0.4) is 0 Å². The van der Waals surface area contributed by atoms with Crippen molar-refractivity contribution >= 4 is 27.9 Å². The van der Waals surface area contributed by atoms with Crippen LogP contribution in [0.1, 0.15) is 37.9 Å². The van der Waals surface area contributed by atoms with Crippen molar-refractivity contribution in [3.05, 3.63) is 63.6 Å². The number of ether oxygens (including phenoxy) is 2. The van der Waals surface area contributed by atoms with Gasteiger partial charge in [0.1, 0.15) is 23.1 Å². The van der Waals surface area contributed by atoms with Crippen LogP contribution in [0.2, 0.25) is 0 Å². The van der Waals surface area contributed by atoms with Crippen molar-refractivity contribution < 1.29 is 14.3 Å². The van der Waals surface area contributed by atoms with Gasteiger partial charge in [-0.1, -0.05) is 30.3 Å². The zero-order chi connectivity index (χ0) is 20.5. The molecule has 0 spiro atoms. The number of hydrogen-bond acceptors (Lipinski definition) is 4. The molecule has 0 bridgehead atoms. The zero-order valence-electron chi connectivity index (χ0n) is 16.2. The summed E-state index contributed by atoms with van der Waals surface area (Å²) in [5.41, 5.74) is 1.59. The van der Waals surface area contributed by atoms with Crippen LogP contribution in [-0.4, -0.2) is 19.1 Å². The molecule has 1 atom stereocenters. The van der Waals surface area contributed by atoms with Gasteiger partial charge in [-0.15, -0.1) is 0 Å². The summed E-state index contributed by atoms with van der Waals surface area (Å²) >= 11 is 3.46. The van der Waals surface area contributed by atoms with Gasteiger partial charge in [-0.3, -0.25) is 4.79 Å². The first-order valence-corrected chi connectivity index (χ1v) is 9.86. The molecule has 0 unspecified atom stereocenters. The molecule has 2 rings (SSSR count). The van der Waals surface area contributed by atoms with Crippen molar-refractivity contribution in [1.29, 1.82) is 5.26 Å². The molecule has 0 saturated heterocycles. The van der Waals surface area contributed by atoms with Gasteiger partial charge in [-0.2, -0.15) is 5.26 Å². The molecule has 0 aromatic heterocycles. The first-order valence-electron chi connectivity index (χ1n) is 9.06. The summed E-state index contributed by atoms with van der Waals surface area (Å²) in [7, 11) is 0. The molecule has 0 fully saturated rings. The summed E-state index contributed by atoms with van der Waals surface area (Å²) in [5.74, 6) is 0.751. The van der Waals surface area contributed by atoms with E-state index in [1.54, 1.807) is 12.1 Å². The summed E-state index contributed by atoms with van der Waals surface area (Å²) in [5, 5.41) is 12.4. The van der Waals surface area contributed by atoms with Crippen LogP contribution in [0.15, 0.2) is 52.5 Å². The molecule has 2 aromatic carbocycles. The van der Waals surface area contributed by atoms with Gasteiger partial charge in [0, 0.05) is 11.6 Å². The lowest BCUT2D eigenvalue weighted by Crippen LogP contribution is -2.27. The third-order valence-corrected chi connectivity index (χ3v) is 4.60. The molecular formula is C22H23BrN2O3. The summed E-state index contributed by atoms with van der Waals surface area (Å²) in [6, 6.07) is 14.9. The fourth-order valence-electron chi connectivity index (χ4n) is 2.61. The average molecular weight is 443 g/mol. The third kappa shape index (κ3) is 5.61. The highest BCUT2D eigenvalue weighted by atomic mass is 79.9. The number of rotatable bonds is 8. The molecule has 0 aliphatic rings. The molecule has 0 radical (unpaired) electrons. The molecule has 0 aliphatic carbocycles. The van der Waals surface area contributed by atoms with Crippen molar-refractivity contribution in [1.82, 2.24) is 5.32 Å². The Morgan fingerprint density at radius 2 is 1.82 bits per heavy atom. The third-order valence-electron chi connectivity index (χ3n) is 3.98. The van der Waals surface area contributed by atoms with E-state index in [-0.39, 0.29) is 11.6 Å². The second-order valence-electron chi connectivity index (χ2n) is 5.96. The van der Waals surface area contributed by atoms with Crippen LogP contribution in [-0.2, 0) is 4.79 Å². The fraction of sp³-hybridized carbons (Fsp3) is 0.273. The Labute approximate surface area is 174 Å². The summed E-state index contributed by atoms with van der Waals surface area (Å²) in [6.45, 7) is 6.61. The van der Waals surface area contributed by atoms with Crippen molar-refractivity contribution in [2.45, 2.75) is 26.8 Å². The summed E-state index contributed by atoms with van der Waals surface area (Å²) in [6.07, 6.45) is 1.53. The highest BCUT2D eigenvalue weighted by molar-refractivity contribution is 9.10. The first-order chi connectivity index (χ1) is 13.5. The number of nitriles is 1. The quantitative estimate of drug-likeness (QED) is 0.459. The minimum Gasteiger partial charge on any atom is -0.493 e. The molecule has 1 amide bonds. The van der Waals surface area contributed by atoms with E-state index < -0.39 is 5.91 Å². The van der Waals surface area contributed by atoms with E-state index in [2.05, 4.69) is 21.2 Å². The Bertz CT molecular complexity index is 889. The number of benzene rings is 2. The first kappa shape index (κ1) is 21.5. The number of carbonyl (C=O) groups is 1. The zero-order valence-corrected chi connectivity index (χ0v) is 17.7. The largest absolute Gasteiger partial charge is 0.493 e. The van der Waals surface area contributed by atoms with Gasteiger partial charge in [0.05, 0.1) is 23.7 Å². The van der Waals surface area contributed by atoms with Crippen LogP contribution in [0.5, 0.6) is 11.5 Å². The van der Waals surface area contributed by atoms with E-state index in [9.17, 15) is 10.1 Å². The van der Waals surface area contributed by atoms with Gasteiger partial charge in [-0.05, 0) is 54.4 Å². The average Bonchev–Trinajstić information content (AvgIpc) is 2.70. The fourth-order valence-corrected chi connectivity index (χ4v) is 3.09. The maximum absolute atomic E-state index is 12.6. The Morgan fingerprint density at radius 1 is 1.18 bits per heavy atom. The van der Waals surface area contributed by atoms with Gasteiger partial charge in [-0.25, -0.2) is 0 Å².